The molecule has 0 saturated heterocycles. The molecule has 1 saturated carbocycles. The number of aryl methyl sites for hydroxylation is 1. The normalized spacial score (nSPS) is 15.1. The predicted molar refractivity (Wildman–Crippen MR) is 85.2 cm³/mol. The Labute approximate surface area is 133 Å². The number of carbonyl (C=O) groups excluding carboxylic acids is 1. The summed E-state index contributed by atoms with van der Waals surface area (Å²) in [5.41, 5.74) is 0.812. The van der Waals surface area contributed by atoms with Gasteiger partial charge in [-0.15, -0.1) is 0 Å². The van der Waals surface area contributed by atoms with E-state index in [1.54, 1.807) is 17.1 Å². The van der Waals surface area contributed by atoms with Gasteiger partial charge < -0.3 is 10.6 Å². The van der Waals surface area contributed by atoms with E-state index in [0.717, 1.165) is 35.9 Å². The van der Waals surface area contributed by atoms with E-state index in [1.165, 1.54) is 24.4 Å². The smallest absolute Gasteiger partial charge is 0.241 e. The zero-order valence-electron chi connectivity index (χ0n) is 12.6. The fourth-order valence-corrected chi connectivity index (χ4v) is 3.25. The SMILES string of the molecule is CCc1nsc(Nc2cnn(CC(=O)NC3CCCC3)c2)n1. The zero-order chi connectivity index (χ0) is 15.4. The minimum atomic E-state index is 0.0192. The number of rotatable bonds is 6. The quantitative estimate of drug-likeness (QED) is 0.851. The van der Waals surface area contributed by atoms with Gasteiger partial charge in [0.25, 0.3) is 0 Å². The van der Waals surface area contributed by atoms with Crippen molar-refractivity contribution in [3.63, 3.8) is 0 Å². The predicted octanol–water partition coefficient (Wildman–Crippen LogP) is 2.10. The molecule has 1 amide bonds. The Bertz CT molecular complexity index is 631. The molecule has 0 spiro atoms. The van der Waals surface area contributed by atoms with Crippen LogP contribution in [0.2, 0.25) is 0 Å². The first-order chi connectivity index (χ1) is 10.7. The molecule has 8 heteroatoms. The maximum absolute atomic E-state index is 12.0. The van der Waals surface area contributed by atoms with E-state index in [9.17, 15) is 4.79 Å². The number of anilines is 2. The van der Waals surface area contributed by atoms with Gasteiger partial charge >= 0.3 is 0 Å². The summed E-state index contributed by atoms with van der Waals surface area (Å²) in [6.45, 7) is 2.27. The third-order valence-electron chi connectivity index (χ3n) is 3.69. The summed E-state index contributed by atoms with van der Waals surface area (Å²) in [7, 11) is 0. The molecule has 3 rings (SSSR count). The number of carbonyl (C=O) groups is 1. The highest BCUT2D eigenvalue weighted by molar-refractivity contribution is 7.09. The minimum Gasteiger partial charge on any atom is -0.352 e. The van der Waals surface area contributed by atoms with Crippen molar-refractivity contribution in [2.45, 2.75) is 51.6 Å². The molecule has 7 nitrogen and oxygen atoms in total. The highest BCUT2D eigenvalue weighted by Crippen LogP contribution is 2.19. The second kappa shape index (κ2) is 6.87. The van der Waals surface area contributed by atoms with Crippen LogP contribution in [0.5, 0.6) is 0 Å². The lowest BCUT2D eigenvalue weighted by atomic mass is 10.2. The maximum Gasteiger partial charge on any atom is 0.241 e. The molecular weight excluding hydrogens is 300 g/mol. The number of nitrogens with zero attached hydrogens (tertiary/aromatic N) is 4. The van der Waals surface area contributed by atoms with E-state index >= 15 is 0 Å². The fraction of sp³-hybridized carbons (Fsp3) is 0.571. The van der Waals surface area contributed by atoms with Crippen LogP contribution in [0, 0.1) is 0 Å². The van der Waals surface area contributed by atoms with E-state index in [-0.39, 0.29) is 12.5 Å². The van der Waals surface area contributed by atoms with Crippen LogP contribution in [-0.4, -0.2) is 31.1 Å². The van der Waals surface area contributed by atoms with Crippen molar-refractivity contribution in [1.82, 2.24) is 24.5 Å². The third-order valence-corrected chi connectivity index (χ3v) is 4.36. The minimum absolute atomic E-state index is 0.0192. The number of nitrogens with one attached hydrogen (secondary N) is 2. The summed E-state index contributed by atoms with van der Waals surface area (Å²) >= 11 is 1.32. The number of aromatic nitrogens is 4. The fourth-order valence-electron chi connectivity index (χ4n) is 2.58. The first-order valence-corrected chi connectivity index (χ1v) is 8.41. The topological polar surface area (TPSA) is 84.7 Å². The Hall–Kier alpha value is -1.96. The molecule has 2 aromatic heterocycles. The number of hydrogen-bond donors (Lipinski definition) is 2. The van der Waals surface area contributed by atoms with Gasteiger partial charge in [0.1, 0.15) is 12.4 Å². The summed E-state index contributed by atoms with van der Waals surface area (Å²) in [5.74, 6) is 0.849. The number of amides is 1. The Morgan fingerprint density at radius 3 is 3.00 bits per heavy atom. The second-order valence-corrected chi connectivity index (χ2v) is 6.22. The van der Waals surface area contributed by atoms with Crippen LogP contribution in [0.25, 0.3) is 0 Å². The molecule has 2 aromatic rings. The van der Waals surface area contributed by atoms with E-state index in [2.05, 4.69) is 25.1 Å². The molecule has 0 aromatic carbocycles. The molecule has 0 unspecified atom stereocenters. The molecule has 1 fully saturated rings. The standard InChI is InChI=1S/C14H20N6OS/c1-2-12-18-14(22-19-12)17-11-7-15-20(8-11)9-13(21)16-10-5-3-4-6-10/h7-8,10H,2-6,9H2,1H3,(H,16,21)(H,17,18,19). The zero-order valence-corrected chi connectivity index (χ0v) is 13.4. The summed E-state index contributed by atoms with van der Waals surface area (Å²) in [4.78, 5) is 16.3. The Balaban J connectivity index is 1.52. The third kappa shape index (κ3) is 3.82. The summed E-state index contributed by atoms with van der Waals surface area (Å²) < 4.78 is 5.85. The van der Waals surface area contributed by atoms with Gasteiger partial charge in [0, 0.05) is 30.2 Å². The van der Waals surface area contributed by atoms with E-state index < -0.39 is 0 Å². The lowest BCUT2D eigenvalue weighted by molar-refractivity contribution is -0.122. The van der Waals surface area contributed by atoms with Crippen molar-refractivity contribution >= 4 is 28.3 Å². The summed E-state index contributed by atoms with van der Waals surface area (Å²) in [6.07, 6.45) is 8.92. The Morgan fingerprint density at radius 1 is 1.45 bits per heavy atom. The van der Waals surface area contributed by atoms with E-state index in [0.29, 0.717) is 6.04 Å². The largest absolute Gasteiger partial charge is 0.352 e. The average molecular weight is 320 g/mol. The van der Waals surface area contributed by atoms with Crippen LogP contribution in [0.15, 0.2) is 12.4 Å². The molecule has 1 aliphatic carbocycles. The number of hydrogen-bond acceptors (Lipinski definition) is 6. The van der Waals surface area contributed by atoms with Crippen LogP contribution in [0.1, 0.15) is 38.4 Å². The van der Waals surface area contributed by atoms with Gasteiger partial charge in [0.15, 0.2) is 0 Å². The van der Waals surface area contributed by atoms with Crippen molar-refractivity contribution in [3.05, 3.63) is 18.2 Å². The van der Waals surface area contributed by atoms with Gasteiger partial charge in [-0.1, -0.05) is 19.8 Å². The highest BCUT2D eigenvalue weighted by atomic mass is 32.1. The Kier molecular flexibility index (Phi) is 4.67. The summed E-state index contributed by atoms with van der Waals surface area (Å²) in [5, 5.41) is 11.2. The molecule has 0 radical (unpaired) electrons. The van der Waals surface area contributed by atoms with Crippen LogP contribution in [-0.2, 0) is 17.8 Å². The van der Waals surface area contributed by atoms with E-state index in [1.807, 2.05) is 6.92 Å². The molecule has 22 heavy (non-hydrogen) atoms. The van der Waals surface area contributed by atoms with Crippen molar-refractivity contribution in [2.75, 3.05) is 5.32 Å². The van der Waals surface area contributed by atoms with E-state index in [4.69, 9.17) is 0 Å². The first kappa shape index (κ1) is 15.0. The van der Waals surface area contributed by atoms with Crippen LogP contribution < -0.4 is 10.6 Å². The van der Waals surface area contributed by atoms with Gasteiger partial charge in [-0.05, 0) is 12.8 Å². The highest BCUT2D eigenvalue weighted by Gasteiger charge is 2.17. The molecule has 2 N–H and O–H groups in total. The lowest BCUT2D eigenvalue weighted by Gasteiger charge is -2.11. The van der Waals surface area contributed by atoms with Crippen LogP contribution in [0.3, 0.4) is 0 Å². The van der Waals surface area contributed by atoms with Crippen LogP contribution >= 0.6 is 11.5 Å². The van der Waals surface area contributed by atoms with Crippen molar-refractivity contribution in [3.8, 4) is 0 Å². The molecular formula is C14H20N6OS. The lowest BCUT2D eigenvalue weighted by Crippen LogP contribution is -2.35. The molecule has 0 atom stereocenters. The second-order valence-electron chi connectivity index (χ2n) is 5.47. The molecule has 118 valence electrons. The van der Waals surface area contributed by atoms with Crippen molar-refractivity contribution in [1.29, 1.82) is 0 Å². The average Bonchev–Trinajstić information content (AvgIpc) is 3.22. The molecule has 0 bridgehead atoms. The summed E-state index contributed by atoms with van der Waals surface area (Å²) in [6, 6.07) is 0.342. The van der Waals surface area contributed by atoms with Crippen molar-refractivity contribution in [2.24, 2.45) is 0 Å². The van der Waals surface area contributed by atoms with Crippen LogP contribution in [0.4, 0.5) is 10.8 Å². The first-order valence-electron chi connectivity index (χ1n) is 7.64. The monoisotopic (exact) mass is 320 g/mol. The maximum atomic E-state index is 12.0. The molecule has 2 heterocycles. The van der Waals surface area contributed by atoms with Gasteiger partial charge in [0.05, 0.1) is 11.9 Å². The molecule has 1 aliphatic rings. The van der Waals surface area contributed by atoms with Crippen molar-refractivity contribution < 1.29 is 4.79 Å². The van der Waals surface area contributed by atoms with Gasteiger partial charge in [-0.3, -0.25) is 9.48 Å². The van der Waals surface area contributed by atoms with Gasteiger partial charge in [-0.25, -0.2) is 4.98 Å². The van der Waals surface area contributed by atoms with Gasteiger partial charge in [0.2, 0.25) is 11.0 Å². The Morgan fingerprint density at radius 2 is 2.27 bits per heavy atom. The van der Waals surface area contributed by atoms with Gasteiger partial charge in [-0.2, -0.15) is 9.47 Å². The molecule has 0 aliphatic heterocycles.